The Labute approximate surface area is 119 Å². The molecule has 0 atom stereocenters. The van der Waals surface area contributed by atoms with Crippen LogP contribution in [0.1, 0.15) is 42.6 Å². The summed E-state index contributed by atoms with van der Waals surface area (Å²) in [6.07, 6.45) is -3.23. The van der Waals surface area contributed by atoms with E-state index < -0.39 is 24.7 Å². The summed E-state index contributed by atoms with van der Waals surface area (Å²) in [6.45, 7) is 3.96. The van der Waals surface area contributed by atoms with E-state index in [1.165, 1.54) is 0 Å². The van der Waals surface area contributed by atoms with Crippen molar-refractivity contribution < 1.29 is 23.1 Å². The van der Waals surface area contributed by atoms with E-state index in [-0.39, 0.29) is 10.0 Å². The molecule has 0 aliphatic heterocycles. The van der Waals surface area contributed by atoms with Crippen molar-refractivity contribution in [2.75, 3.05) is 11.4 Å². The highest BCUT2D eigenvalue weighted by Gasteiger charge is 2.34. The molecule has 0 saturated carbocycles. The number of aromatic carboxylic acids is 1. The Kier molecular flexibility index (Phi) is 5.38. The van der Waals surface area contributed by atoms with Gasteiger partial charge in [0, 0.05) is 6.04 Å². The molecule has 0 saturated heterocycles. The molecule has 1 N–H and O–H groups in total. The number of carbonyl (C=O) groups is 1. The van der Waals surface area contributed by atoms with E-state index in [9.17, 15) is 18.0 Å². The third-order valence-corrected chi connectivity index (χ3v) is 3.71. The molecule has 20 heavy (non-hydrogen) atoms. The van der Waals surface area contributed by atoms with E-state index in [2.05, 4.69) is 4.98 Å². The average molecular weight is 310 g/mol. The largest absolute Gasteiger partial charge is 0.477 e. The van der Waals surface area contributed by atoms with Crippen molar-refractivity contribution in [1.82, 2.24) is 4.98 Å². The van der Waals surface area contributed by atoms with Gasteiger partial charge in [0.05, 0.1) is 5.69 Å². The molecule has 1 aromatic rings. The van der Waals surface area contributed by atoms with Crippen LogP contribution in [-0.4, -0.2) is 34.8 Å². The molecule has 0 radical (unpaired) electrons. The van der Waals surface area contributed by atoms with Crippen LogP contribution in [0.2, 0.25) is 0 Å². The van der Waals surface area contributed by atoms with Crippen LogP contribution in [0, 0.1) is 0 Å². The Bertz CT molecular complexity index is 472. The predicted octanol–water partition coefficient (Wildman–Crippen LogP) is 3.57. The average Bonchev–Trinajstić information content (AvgIpc) is 2.69. The van der Waals surface area contributed by atoms with Gasteiger partial charge in [-0.3, -0.25) is 0 Å². The second kappa shape index (κ2) is 6.43. The lowest BCUT2D eigenvalue weighted by Crippen LogP contribution is -2.39. The van der Waals surface area contributed by atoms with Gasteiger partial charge in [-0.15, -0.1) is 0 Å². The maximum Gasteiger partial charge on any atom is 0.406 e. The molecule has 1 aromatic heterocycles. The summed E-state index contributed by atoms with van der Waals surface area (Å²) in [6, 6.07) is -0.418. The molecule has 0 bridgehead atoms. The van der Waals surface area contributed by atoms with Crippen LogP contribution < -0.4 is 4.90 Å². The fourth-order valence-electron chi connectivity index (χ4n) is 1.70. The molecular formula is C12H17F3N2O2S. The molecular weight excluding hydrogens is 293 g/mol. The van der Waals surface area contributed by atoms with Crippen molar-refractivity contribution in [1.29, 1.82) is 0 Å². The lowest BCUT2D eigenvalue weighted by Gasteiger charge is -2.27. The molecule has 4 nitrogen and oxygen atoms in total. The molecule has 1 heterocycles. The second-order valence-corrected chi connectivity index (χ2v) is 5.64. The molecule has 114 valence electrons. The van der Waals surface area contributed by atoms with Crippen LogP contribution in [0.5, 0.6) is 0 Å². The van der Waals surface area contributed by atoms with E-state index >= 15 is 0 Å². The summed E-state index contributed by atoms with van der Waals surface area (Å²) < 4.78 is 37.8. The number of thiazole rings is 1. The van der Waals surface area contributed by atoms with Gasteiger partial charge in [0.15, 0.2) is 5.13 Å². The lowest BCUT2D eigenvalue weighted by atomic mass is 10.2. The third-order valence-electron chi connectivity index (χ3n) is 2.59. The molecule has 0 fully saturated rings. The number of aryl methyl sites for hydroxylation is 1. The molecule has 1 rings (SSSR count). The fourth-order valence-corrected chi connectivity index (χ4v) is 2.78. The minimum atomic E-state index is -4.36. The Morgan fingerprint density at radius 1 is 1.45 bits per heavy atom. The molecule has 0 aliphatic carbocycles. The number of carboxylic acids is 1. The van der Waals surface area contributed by atoms with Gasteiger partial charge in [0.1, 0.15) is 11.4 Å². The zero-order valence-electron chi connectivity index (χ0n) is 11.5. The number of alkyl halides is 3. The highest BCUT2D eigenvalue weighted by Crippen LogP contribution is 2.31. The monoisotopic (exact) mass is 310 g/mol. The molecule has 0 aliphatic rings. The predicted molar refractivity (Wildman–Crippen MR) is 71.6 cm³/mol. The number of nitrogens with zero attached hydrogens (tertiary/aromatic N) is 2. The number of carboxylic acid groups (broad SMARTS) is 1. The van der Waals surface area contributed by atoms with Crippen LogP contribution in [-0.2, 0) is 6.42 Å². The minimum absolute atomic E-state index is 0.0228. The SMILES string of the molecule is CCCc1nc(N(CC(F)(F)F)C(C)C)sc1C(=O)O. The summed E-state index contributed by atoms with van der Waals surface area (Å²) >= 11 is 0.800. The van der Waals surface area contributed by atoms with Crippen LogP contribution in [0.4, 0.5) is 18.3 Å². The summed E-state index contributed by atoms with van der Waals surface area (Å²) in [5, 5.41) is 9.20. The smallest absolute Gasteiger partial charge is 0.406 e. The van der Waals surface area contributed by atoms with Gasteiger partial charge in [-0.25, -0.2) is 9.78 Å². The van der Waals surface area contributed by atoms with E-state index in [4.69, 9.17) is 5.11 Å². The lowest BCUT2D eigenvalue weighted by molar-refractivity contribution is -0.120. The van der Waals surface area contributed by atoms with Crippen molar-refractivity contribution >= 4 is 22.4 Å². The number of aromatic nitrogens is 1. The molecule has 0 unspecified atom stereocenters. The highest BCUT2D eigenvalue weighted by molar-refractivity contribution is 7.17. The van der Waals surface area contributed by atoms with Gasteiger partial charge in [0.2, 0.25) is 0 Å². The number of hydrogen-bond donors (Lipinski definition) is 1. The molecule has 0 spiro atoms. The van der Waals surface area contributed by atoms with Crippen LogP contribution in [0.15, 0.2) is 0 Å². The first-order chi connectivity index (χ1) is 9.15. The Balaban J connectivity index is 3.14. The Hall–Kier alpha value is -1.31. The van der Waals surface area contributed by atoms with Crippen LogP contribution >= 0.6 is 11.3 Å². The number of halogens is 3. The van der Waals surface area contributed by atoms with Gasteiger partial charge in [-0.05, 0) is 20.3 Å². The van der Waals surface area contributed by atoms with Crippen LogP contribution in [0.3, 0.4) is 0 Å². The highest BCUT2D eigenvalue weighted by atomic mass is 32.1. The maximum absolute atomic E-state index is 12.6. The van der Waals surface area contributed by atoms with E-state index in [1.807, 2.05) is 6.92 Å². The third kappa shape index (κ3) is 4.36. The summed E-state index contributed by atoms with van der Waals surface area (Å²) in [4.78, 5) is 16.3. The minimum Gasteiger partial charge on any atom is -0.477 e. The zero-order valence-corrected chi connectivity index (χ0v) is 12.3. The zero-order chi connectivity index (χ0) is 15.5. The normalized spacial score (nSPS) is 11.9. The molecule has 0 aromatic carbocycles. The van der Waals surface area contributed by atoms with Crippen LogP contribution in [0.25, 0.3) is 0 Å². The first-order valence-electron chi connectivity index (χ1n) is 6.22. The topological polar surface area (TPSA) is 53.4 Å². The first-order valence-corrected chi connectivity index (χ1v) is 7.03. The summed E-state index contributed by atoms with van der Waals surface area (Å²) in [7, 11) is 0. The second-order valence-electron chi connectivity index (χ2n) is 4.66. The fraction of sp³-hybridized carbons (Fsp3) is 0.667. The van der Waals surface area contributed by atoms with Gasteiger partial charge >= 0.3 is 12.1 Å². The van der Waals surface area contributed by atoms with E-state index in [1.54, 1.807) is 13.8 Å². The summed E-state index contributed by atoms with van der Waals surface area (Å²) in [5.74, 6) is -1.15. The molecule has 0 amide bonds. The number of anilines is 1. The quantitative estimate of drug-likeness (QED) is 0.872. The van der Waals surface area contributed by atoms with Crippen molar-refractivity contribution in [2.24, 2.45) is 0 Å². The Morgan fingerprint density at radius 2 is 2.05 bits per heavy atom. The number of rotatable bonds is 6. The van der Waals surface area contributed by atoms with Crippen molar-refractivity contribution in [2.45, 2.75) is 45.8 Å². The Morgan fingerprint density at radius 3 is 2.45 bits per heavy atom. The van der Waals surface area contributed by atoms with E-state index in [0.717, 1.165) is 16.2 Å². The first kappa shape index (κ1) is 16.7. The van der Waals surface area contributed by atoms with Gasteiger partial charge in [0.25, 0.3) is 0 Å². The van der Waals surface area contributed by atoms with Gasteiger partial charge in [-0.2, -0.15) is 13.2 Å². The van der Waals surface area contributed by atoms with Crippen molar-refractivity contribution in [3.63, 3.8) is 0 Å². The van der Waals surface area contributed by atoms with Gasteiger partial charge < -0.3 is 10.0 Å². The van der Waals surface area contributed by atoms with E-state index in [0.29, 0.717) is 18.5 Å². The standard InChI is InChI=1S/C12H17F3N2O2S/c1-4-5-8-9(10(18)19)20-11(16-8)17(7(2)3)6-12(13,14)15/h7H,4-6H2,1-3H3,(H,18,19). The van der Waals surface area contributed by atoms with Gasteiger partial charge in [-0.1, -0.05) is 24.7 Å². The molecule has 8 heteroatoms. The number of hydrogen-bond acceptors (Lipinski definition) is 4. The van der Waals surface area contributed by atoms with Crippen molar-refractivity contribution in [3.8, 4) is 0 Å². The maximum atomic E-state index is 12.6. The van der Waals surface area contributed by atoms with Crippen molar-refractivity contribution in [3.05, 3.63) is 10.6 Å². The summed E-state index contributed by atoms with van der Waals surface area (Å²) in [5.41, 5.74) is 0.354.